The lowest BCUT2D eigenvalue weighted by atomic mass is 9.80. The quantitative estimate of drug-likeness (QED) is 0.0219. The second-order valence-electron chi connectivity index (χ2n) is 37.4. The molecular formula is C102H127B2F9N8O21S. The molecule has 0 unspecified atom stereocenters. The lowest BCUT2D eigenvalue weighted by Gasteiger charge is -2.43. The van der Waals surface area contributed by atoms with E-state index in [0.29, 0.717) is 134 Å². The highest BCUT2D eigenvalue weighted by molar-refractivity contribution is 7.87. The Balaban J connectivity index is 0.000000189. The highest BCUT2D eigenvalue weighted by Gasteiger charge is 2.54. The van der Waals surface area contributed by atoms with E-state index in [1.165, 1.54) is 29.2 Å². The second kappa shape index (κ2) is 47.7. The first-order valence-electron chi connectivity index (χ1n) is 47.6. The van der Waals surface area contributed by atoms with Crippen molar-refractivity contribution < 1.29 is 138 Å². The van der Waals surface area contributed by atoms with Crippen molar-refractivity contribution in [2.24, 2.45) is 0 Å². The van der Waals surface area contributed by atoms with Crippen LogP contribution in [0.3, 0.4) is 0 Å². The molecule has 0 aliphatic carbocycles. The molecule has 8 heterocycles. The molecule has 6 amide bonds. The van der Waals surface area contributed by atoms with Crippen LogP contribution in [0.4, 0.5) is 49.1 Å². The Kier molecular flexibility index (Phi) is 37.6. The number of benzene rings is 6. The molecule has 14 rings (SSSR count). The van der Waals surface area contributed by atoms with E-state index in [2.05, 4.69) is 19.2 Å². The van der Waals surface area contributed by atoms with Crippen molar-refractivity contribution in [3.8, 4) is 34.5 Å². The number of halogens is 9. The predicted octanol–water partition coefficient (Wildman–Crippen LogP) is 17.4. The monoisotopic (exact) mass is 2020 g/mol. The Bertz CT molecular complexity index is 5740. The van der Waals surface area contributed by atoms with Crippen LogP contribution in [0, 0.1) is 0 Å². The standard InChI is InChI=1S/C30H36F2N2O5.C25H28F2N2O3.C20H22F5NO7S.C16H25BN2O3.C11H16BNO3/c1-6-33(7-2)26(35)21-13-11-20(12-14-21)22-19-30(15-17-34(18-16-30)28(36)39-29(3,4)5)38-24-10-8-9-23(25(22)24)37-27(31)32;1-3-29(4-2)23(30)18-10-8-17(9-11-18)19-16-25(12-14-28-15-13-25)32-21-7-5-6-20(22(19)21)31-24(26)27;1-18(2,3)32-17(27)26-9-7-19(8-10-26)11-14(33-34(28,29)20(23,24)25)15-12(30-16(21)22)5-4-6-13(15)31-19;1-7-19(8-2)14(20)13-10-9-12(11-18-13)17-21-15(3,4)16(5,6)22-17;1-3-13(4-2)11(14)9-5-7-10(8-6-9)12(15)16/h8-14,19,27H,6-7,15-18H2,1-5H3;5-11,16,24,28H,3-4,12-15H2,1-2H3;4-6,11,16H,7-10H2,1-3H3;9-11H,7-8H2,1-6H3;5-8,15-16H,3-4H2,1-2H3. The number of pyridine rings is 1. The van der Waals surface area contributed by atoms with Crippen molar-refractivity contribution in [3.05, 3.63) is 214 Å². The number of carbonyl (C=O) groups is 6. The fourth-order valence-electron chi connectivity index (χ4n) is 16.7. The molecule has 3 N–H and O–H groups in total. The first kappa shape index (κ1) is 113. The smallest absolute Gasteiger partial charge is 0.482 e. The number of likely N-dealkylation sites (tertiary alicyclic amines) is 2. The van der Waals surface area contributed by atoms with Gasteiger partial charge in [0.05, 0.1) is 22.3 Å². The number of rotatable bonds is 24. The number of carbonyl (C=O) groups excluding carboxylic acids is 6. The Morgan fingerprint density at radius 2 is 0.790 bits per heavy atom. The van der Waals surface area contributed by atoms with E-state index in [9.17, 15) is 76.7 Å². The van der Waals surface area contributed by atoms with Gasteiger partial charge in [-0.2, -0.15) is 47.9 Å². The van der Waals surface area contributed by atoms with Gasteiger partial charge >= 0.3 is 61.9 Å². The maximum Gasteiger partial charge on any atom is 0.534 e. The normalized spacial score (nSPS) is 16.6. The van der Waals surface area contributed by atoms with Crippen molar-refractivity contribution in [1.29, 1.82) is 0 Å². The lowest BCUT2D eigenvalue weighted by molar-refractivity contribution is -0.0530. The van der Waals surface area contributed by atoms with Gasteiger partial charge in [0.1, 0.15) is 73.8 Å². The summed E-state index contributed by atoms with van der Waals surface area (Å²) in [6, 6.07) is 37.7. The number of ether oxygens (including phenoxy) is 8. The van der Waals surface area contributed by atoms with Crippen molar-refractivity contribution in [1.82, 2.24) is 39.7 Å². The molecule has 4 saturated heterocycles. The Labute approximate surface area is 829 Å². The van der Waals surface area contributed by atoms with Crippen molar-refractivity contribution in [2.45, 2.75) is 228 Å². The summed E-state index contributed by atoms with van der Waals surface area (Å²) in [7, 11) is -8.07. The van der Waals surface area contributed by atoms with Gasteiger partial charge in [0, 0.05) is 151 Å². The van der Waals surface area contributed by atoms with E-state index >= 15 is 0 Å². The third-order valence-electron chi connectivity index (χ3n) is 25.1. The summed E-state index contributed by atoms with van der Waals surface area (Å²) >= 11 is 0. The van der Waals surface area contributed by atoms with E-state index < -0.39 is 101 Å². The number of fused-ring (bicyclic) bond motifs is 3. The molecule has 0 atom stereocenters. The SMILES string of the molecule is CC(C)(C)OC(=O)N1CCC2(C=C(OS(=O)(=O)C(F)(F)F)c3c(OC(F)F)cccc3O2)CC1.CCN(CC)C(=O)c1ccc(B(O)O)cc1.CCN(CC)C(=O)c1ccc(B2OC(C)(C)C(C)(C)O2)cn1.CCN(CC)C(=O)c1ccc(C2=CC3(CCN(C(=O)OC(C)(C)C)CC3)Oc3cccc(OC(F)F)c32)cc1.CCN(CC)C(=O)c1ccc(C2=CC3(CCNCC3)Oc3cccc(OC(F)F)c32)cc1. The van der Waals surface area contributed by atoms with Crippen LogP contribution in [-0.2, 0) is 33.1 Å². The summed E-state index contributed by atoms with van der Waals surface area (Å²) in [5.41, 5.74) is -3.65. The van der Waals surface area contributed by atoms with Crippen molar-refractivity contribution in [3.63, 3.8) is 0 Å². The van der Waals surface area contributed by atoms with Gasteiger partial charge in [-0.15, -0.1) is 0 Å². The third-order valence-corrected chi connectivity index (χ3v) is 26.0. The first-order valence-corrected chi connectivity index (χ1v) is 49.0. The summed E-state index contributed by atoms with van der Waals surface area (Å²) in [6.45, 7) is 32.5. The molecule has 29 nitrogen and oxygen atoms in total. The number of hydrogen-bond acceptors (Lipinski definition) is 23. The average Bonchev–Trinajstić information content (AvgIpc) is 1.09. The molecule has 41 heteroatoms. The summed E-state index contributed by atoms with van der Waals surface area (Å²) in [4.78, 5) is 88.9. The molecule has 1 aromatic heterocycles. The van der Waals surface area contributed by atoms with Gasteiger partial charge in [-0.3, -0.25) is 24.2 Å². The molecule has 7 aliphatic rings. The van der Waals surface area contributed by atoms with Gasteiger partial charge in [-0.05, 0) is 256 Å². The minimum absolute atomic E-state index is 0.0121. The molecule has 0 saturated carbocycles. The van der Waals surface area contributed by atoms with Gasteiger partial charge in [-0.1, -0.05) is 60.7 Å². The Hall–Kier alpha value is -12.0. The molecule has 0 radical (unpaired) electrons. The summed E-state index contributed by atoms with van der Waals surface area (Å²) in [5.74, 6) is -0.828. The zero-order chi connectivity index (χ0) is 105. The number of nitrogens with one attached hydrogen (secondary N) is 1. The molecule has 143 heavy (non-hydrogen) atoms. The maximum atomic E-state index is 13.3. The van der Waals surface area contributed by atoms with Crippen LogP contribution in [0.2, 0.25) is 0 Å². The topological polar surface area (TPSA) is 323 Å². The fraction of sp³-hybridized carbons (Fsp3) is 0.480. The molecule has 776 valence electrons. The minimum atomic E-state index is -6.14. The van der Waals surface area contributed by atoms with Gasteiger partial charge in [0.25, 0.3) is 23.6 Å². The van der Waals surface area contributed by atoms with Gasteiger partial charge in [0.15, 0.2) is 5.76 Å². The zero-order valence-electron chi connectivity index (χ0n) is 83.7. The number of nitrogens with zero attached hydrogens (tertiary/aromatic N) is 7. The largest absolute Gasteiger partial charge is 0.534 e. The van der Waals surface area contributed by atoms with E-state index in [1.807, 2.05) is 146 Å². The zero-order valence-corrected chi connectivity index (χ0v) is 84.5. The van der Waals surface area contributed by atoms with E-state index in [1.54, 1.807) is 130 Å². The first-order chi connectivity index (χ1) is 67.2. The molecule has 7 aromatic rings. The van der Waals surface area contributed by atoms with Crippen LogP contribution in [0.15, 0.2) is 164 Å². The van der Waals surface area contributed by atoms with Crippen LogP contribution in [-0.4, -0.2) is 259 Å². The van der Waals surface area contributed by atoms with Crippen molar-refractivity contribution in [2.75, 3.05) is 91.6 Å². The minimum Gasteiger partial charge on any atom is -0.482 e. The summed E-state index contributed by atoms with van der Waals surface area (Å²) in [6.07, 6.45) is 8.25. The van der Waals surface area contributed by atoms with Gasteiger partial charge < -0.3 is 96.2 Å². The number of hydrogen-bond donors (Lipinski definition) is 3. The summed E-state index contributed by atoms with van der Waals surface area (Å²) in [5, 5.41) is 21.2. The molecule has 6 aromatic carbocycles. The van der Waals surface area contributed by atoms with E-state index in [0.717, 1.165) is 60.2 Å². The molecule has 7 aliphatic heterocycles. The highest BCUT2D eigenvalue weighted by atomic mass is 32.2. The van der Waals surface area contributed by atoms with Crippen LogP contribution < -0.4 is 44.7 Å². The summed E-state index contributed by atoms with van der Waals surface area (Å²) < 4.78 is 201. The molecule has 0 bridgehead atoms. The number of alkyl halides is 9. The lowest BCUT2D eigenvalue weighted by Crippen LogP contribution is -2.50. The number of amides is 6. The fourth-order valence-corrected chi connectivity index (χ4v) is 17.2. The predicted molar refractivity (Wildman–Crippen MR) is 522 cm³/mol. The molecule has 3 spiro atoms. The molecule has 4 fully saturated rings. The number of piperidine rings is 3. The van der Waals surface area contributed by atoms with Gasteiger partial charge in [0.2, 0.25) is 0 Å². The van der Waals surface area contributed by atoms with Crippen LogP contribution in [0.5, 0.6) is 34.5 Å². The second-order valence-corrected chi connectivity index (χ2v) is 39.0. The van der Waals surface area contributed by atoms with E-state index in [4.69, 9.17) is 52.5 Å². The van der Waals surface area contributed by atoms with E-state index in [-0.39, 0.29) is 84.1 Å². The average molecular weight is 2030 g/mol. The third kappa shape index (κ3) is 28.6. The van der Waals surface area contributed by atoms with Crippen LogP contribution >= 0.6 is 0 Å². The van der Waals surface area contributed by atoms with Crippen molar-refractivity contribution >= 4 is 88.0 Å². The Morgan fingerprint density at radius 3 is 1.11 bits per heavy atom. The van der Waals surface area contributed by atoms with Crippen LogP contribution in [0.25, 0.3) is 16.9 Å². The Morgan fingerprint density at radius 1 is 0.462 bits per heavy atom. The number of aromatic nitrogens is 1. The maximum absolute atomic E-state index is 13.3. The van der Waals surface area contributed by atoms with Crippen LogP contribution in [0.1, 0.15) is 233 Å². The van der Waals surface area contributed by atoms with Gasteiger partial charge in [-0.25, -0.2) is 9.59 Å². The highest BCUT2D eigenvalue weighted by Crippen LogP contribution is 2.52. The molecular weight excluding hydrogens is 1900 g/mol.